The Hall–Kier alpha value is -0.970. The van der Waals surface area contributed by atoms with Crippen LogP contribution in [0, 0.1) is 6.92 Å². The average Bonchev–Trinajstić information content (AvgIpc) is 2.77. The Bertz CT molecular complexity index is 695. The van der Waals surface area contributed by atoms with E-state index in [0.29, 0.717) is 24.5 Å². The van der Waals surface area contributed by atoms with Crippen LogP contribution in [-0.4, -0.2) is 62.5 Å². The molecule has 0 aromatic carbocycles. The zero-order valence-corrected chi connectivity index (χ0v) is 13.7. The first-order chi connectivity index (χ1) is 9.78. The number of nitrogens with zero attached hydrogens (tertiary/aromatic N) is 2. The summed E-state index contributed by atoms with van der Waals surface area (Å²) in [7, 11) is -6.85. The number of H-pyrrole nitrogens is 1. The summed E-state index contributed by atoms with van der Waals surface area (Å²) in [4.78, 5) is 0.155. The van der Waals surface area contributed by atoms with Gasteiger partial charge in [0.15, 0.2) is 9.84 Å². The van der Waals surface area contributed by atoms with Crippen LogP contribution < -0.4 is 5.32 Å². The third kappa shape index (κ3) is 3.44. The Morgan fingerprint density at radius 1 is 1.33 bits per heavy atom. The number of hydrogen-bond acceptors (Lipinski definition) is 6. The molecule has 1 aliphatic rings. The Morgan fingerprint density at radius 3 is 2.52 bits per heavy atom. The third-order valence-corrected chi connectivity index (χ3v) is 7.12. The van der Waals surface area contributed by atoms with E-state index in [1.165, 1.54) is 4.31 Å². The van der Waals surface area contributed by atoms with Gasteiger partial charge in [0, 0.05) is 19.6 Å². The molecule has 2 heterocycles. The van der Waals surface area contributed by atoms with E-state index in [0.717, 1.165) is 0 Å². The molecule has 1 aliphatic heterocycles. The van der Waals surface area contributed by atoms with Crippen LogP contribution in [-0.2, 0) is 26.4 Å². The zero-order chi connectivity index (χ0) is 15.7. The molecule has 0 aliphatic carbocycles. The summed E-state index contributed by atoms with van der Waals surface area (Å²) >= 11 is 0. The predicted octanol–water partition coefficient (Wildman–Crippen LogP) is -0.753. The lowest BCUT2D eigenvalue weighted by Gasteiger charge is -2.26. The fourth-order valence-corrected chi connectivity index (χ4v) is 5.44. The topological polar surface area (TPSA) is 112 Å². The molecule has 2 rings (SSSR count). The van der Waals surface area contributed by atoms with E-state index >= 15 is 0 Å². The molecule has 0 spiro atoms. The maximum atomic E-state index is 12.7. The number of sulfone groups is 1. The molecule has 0 radical (unpaired) electrons. The summed E-state index contributed by atoms with van der Waals surface area (Å²) in [5, 5.41) is 9.77. The number of rotatable bonds is 5. The quantitative estimate of drug-likeness (QED) is 0.731. The van der Waals surface area contributed by atoms with Crippen molar-refractivity contribution in [2.75, 3.05) is 31.1 Å². The van der Waals surface area contributed by atoms with Gasteiger partial charge in [0.25, 0.3) is 0 Å². The molecule has 1 fully saturated rings. The standard InChI is InChI=1S/C11H20N4O4S2/c1-3-12-8-10-11(9(2)13-14-10)21(18,19)15-4-6-20(16,17)7-5-15/h12H,3-8H2,1-2H3,(H,13,14). The zero-order valence-electron chi connectivity index (χ0n) is 12.1. The van der Waals surface area contributed by atoms with Gasteiger partial charge in [0.2, 0.25) is 10.0 Å². The van der Waals surface area contributed by atoms with Crippen LogP contribution >= 0.6 is 0 Å². The van der Waals surface area contributed by atoms with Crippen molar-refractivity contribution >= 4 is 19.9 Å². The van der Waals surface area contributed by atoms with Gasteiger partial charge in [0.05, 0.1) is 22.9 Å². The first kappa shape index (κ1) is 16.4. The van der Waals surface area contributed by atoms with E-state index in [1.54, 1.807) is 6.92 Å². The SMILES string of the molecule is CCNCc1n[nH]c(C)c1S(=O)(=O)N1CCS(=O)(=O)CC1. The highest BCUT2D eigenvalue weighted by molar-refractivity contribution is 7.92. The minimum atomic E-state index is -3.73. The van der Waals surface area contributed by atoms with Crippen LogP contribution in [0.15, 0.2) is 4.90 Å². The number of aromatic amines is 1. The number of aryl methyl sites for hydroxylation is 1. The molecule has 0 saturated carbocycles. The molecule has 0 amide bonds. The van der Waals surface area contributed by atoms with Gasteiger partial charge in [-0.2, -0.15) is 9.40 Å². The summed E-state index contributed by atoms with van der Waals surface area (Å²) in [6.45, 7) is 4.61. The third-order valence-electron chi connectivity index (χ3n) is 3.40. The van der Waals surface area contributed by atoms with Gasteiger partial charge >= 0.3 is 0 Å². The molecule has 10 heteroatoms. The highest BCUT2D eigenvalue weighted by Gasteiger charge is 2.34. The molecule has 8 nitrogen and oxygen atoms in total. The Balaban J connectivity index is 2.30. The Kier molecular flexibility index (Phi) is 4.71. The van der Waals surface area contributed by atoms with Crippen molar-refractivity contribution in [1.29, 1.82) is 0 Å². The van der Waals surface area contributed by atoms with E-state index in [4.69, 9.17) is 0 Å². The largest absolute Gasteiger partial charge is 0.311 e. The lowest BCUT2D eigenvalue weighted by atomic mass is 10.3. The van der Waals surface area contributed by atoms with Crippen LogP contribution in [0.3, 0.4) is 0 Å². The maximum absolute atomic E-state index is 12.7. The van der Waals surface area contributed by atoms with Gasteiger partial charge < -0.3 is 5.32 Å². The van der Waals surface area contributed by atoms with E-state index in [2.05, 4.69) is 15.5 Å². The smallest absolute Gasteiger partial charge is 0.246 e. The lowest BCUT2D eigenvalue weighted by Crippen LogP contribution is -2.44. The van der Waals surface area contributed by atoms with E-state index in [9.17, 15) is 16.8 Å². The van der Waals surface area contributed by atoms with Crippen LogP contribution in [0.2, 0.25) is 0 Å². The second-order valence-electron chi connectivity index (χ2n) is 4.96. The summed E-state index contributed by atoms with van der Waals surface area (Å²) in [5.74, 6) is -0.267. The second-order valence-corrected chi connectivity index (χ2v) is 9.14. The Labute approximate surface area is 124 Å². The lowest BCUT2D eigenvalue weighted by molar-refractivity contribution is 0.429. The van der Waals surface area contributed by atoms with Crippen molar-refractivity contribution in [3.05, 3.63) is 11.4 Å². The molecule has 21 heavy (non-hydrogen) atoms. The fourth-order valence-electron chi connectivity index (χ4n) is 2.24. The summed E-state index contributed by atoms with van der Waals surface area (Å²) in [6, 6.07) is 0. The van der Waals surface area contributed by atoms with E-state index in [-0.39, 0.29) is 29.5 Å². The first-order valence-corrected chi connectivity index (χ1v) is 9.99. The van der Waals surface area contributed by atoms with Crippen molar-refractivity contribution in [3.63, 3.8) is 0 Å². The number of hydrogen-bond donors (Lipinski definition) is 2. The summed E-state index contributed by atoms with van der Waals surface area (Å²) in [6.07, 6.45) is 0. The van der Waals surface area contributed by atoms with Crippen molar-refractivity contribution < 1.29 is 16.8 Å². The highest BCUT2D eigenvalue weighted by atomic mass is 32.2. The van der Waals surface area contributed by atoms with Gasteiger partial charge in [-0.25, -0.2) is 16.8 Å². The molecule has 120 valence electrons. The summed E-state index contributed by atoms with van der Waals surface area (Å²) < 4.78 is 49.5. The van der Waals surface area contributed by atoms with Crippen molar-refractivity contribution in [2.45, 2.75) is 25.3 Å². The molecule has 1 aromatic heterocycles. The predicted molar refractivity (Wildman–Crippen MR) is 78.1 cm³/mol. The first-order valence-electron chi connectivity index (χ1n) is 6.73. The summed E-state index contributed by atoms with van der Waals surface area (Å²) in [5.41, 5.74) is 0.902. The number of aromatic nitrogens is 2. The molecular formula is C11H20N4O4S2. The minimum Gasteiger partial charge on any atom is -0.311 e. The van der Waals surface area contributed by atoms with Crippen molar-refractivity contribution in [1.82, 2.24) is 19.8 Å². The van der Waals surface area contributed by atoms with E-state index < -0.39 is 19.9 Å². The van der Waals surface area contributed by atoms with E-state index in [1.807, 2.05) is 6.92 Å². The monoisotopic (exact) mass is 336 g/mol. The molecule has 1 saturated heterocycles. The highest BCUT2D eigenvalue weighted by Crippen LogP contribution is 2.23. The molecule has 0 atom stereocenters. The minimum absolute atomic E-state index is 0.00403. The van der Waals surface area contributed by atoms with Gasteiger partial charge in [-0.1, -0.05) is 6.92 Å². The average molecular weight is 336 g/mol. The maximum Gasteiger partial charge on any atom is 0.246 e. The number of nitrogens with one attached hydrogen (secondary N) is 2. The van der Waals surface area contributed by atoms with Gasteiger partial charge in [-0.15, -0.1) is 0 Å². The van der Waals surface area contributed by atoms with Gasteiger partial charge in [-0.3, -0.25) is 5.10 Å². The van der Waals surface area contributed by atoms with Gasteiger partial charge in [0.1, 0.15) is 4.90 Å². The van der Waals surface area contributed by atoms with Crippen LogP contribution in [0.4, 0.5) is 0 Å². The van der Waals surface area contributed by atoms with Crippen LogP contribution in [0.25, 0.3) is 0 Å². The molecular weight excluding hydrogens is 316 g/mol. The normalized spacial score (nSPS) is 19.7. The second kappa shape index (κ2) is 6.03. The fraction of sp³-hybridized carbons (Fsp3) is 0.727. The van der Waals surface area contributed by atoms with Crippen molar-refractivity contribution in [2.24, 2.45) is 0 Å². The molecule has 1 aromatic rings. The number of sulfonamides is 1. The van der Waals surface area contributed by atoms with Crippen LogP contribution in [0.1, 0.15) is 18.3 Å². The Morgan fingerprint density at radius 2 is 1.95 bits per heavy atom. The van der Waals surface area contributed by atoms with Crippen molar-refractivity contribution in [3.8, 4) is 0 Å². The molecule has 0 unspecified atom stereocenters. The van der Waals surface area contributed by atoms with Crippen LogP contribution in [0.5, 0.6) is 0 Å². The molecule has 2 N–H and O–H groups in total. The molecule has 0 bridgehead atoms. The van der Waals surface area contributed by atoms with Gasteiger partial charge in [-0.05, 0) is 13.5 Å².